The van der Waals surface area contributed by atoms with E-state index in [-0.39, 0.29) is 18.1 Å². The number of hydrogen-bond donors (Lipinski definition) is 1. The fraction of sp³-hybridized carbons (Fsp3) is 0.462. The van der Waals surface area contributed by atoms with Crippen molar-refractivity contribution in [2.24, 2.45) is 0 Å². The van der Waals surface area contributed by atoms with Gasteiger partial charge in [-0.3, -0.25) is 13.9 Å². The summed E-state index contributed by atoms with van der Waals surface area (Å²) in [5.41, 5.74) is 1.00. The van der Waals surface area contributed by atoms with Gasteiger partial charge in [0.1, 0.15) is 24.1 Å². The minimum absolute atomic E-state index is 0.110. The number of rotatable bonds is 14. The first-order valence-electron chi connectivity index (χ1n) is 12.0. The highest BCUT2D eigenvalue weighted by Crippen LogP contribution is 2.30. The molecule has 0 bridgehead atoms. The van der Waals surface area contributed by atoms with Crippen molar-refractivity contribution in [2.75, 3.05) is 37.9 Å². The zero-order valence-corrected chi connectivity index (χ0v) is 22.5. The van der Waals surface area contributed by atoms with Crippen molar-refractivity contribution in [1.82, 2.24) is 10.2 Å². The third-order valence-corrected chi connectivity index (χ3v) is 6.86. The molecule has 9 nitrogen and oxygen atoms in total. The maximum Gasteiger partial charge on any atom is 0.244 e. The van der Waals surface area contributed by atoms with Crippen LogP contribution in [-0.2, 0) is 26.2 Å². The molecule has 1 atom stereocenters. The van der Waals surface area contributed by atoms with Crippen molar-refractivity contribution in [3.8, 4) is 11.5 Å². The number of nitrogens with zero attached hydrogens (tertiary/aromatic N) is 2. The summed E-state index contributed by atoms with van der Waals surface area (Å²) in [6.45, 7) is 3.98. The summed E-state index contributed by atoms with van der Waals surface area (Å²) >= 11 is 0. The second-order valence-electron chi connectivity index (χ2n) is 8.38. The second-order valence-corrected chi connectivity index (χ2v) is 10.3. The Morgan fingerprint density at radius 1 is 1.03 bits per heavy atom. The zero-order valence-electron chi connectivity index (χ0n) is 21.7. The maximum atomic E-state index is 13.7. The lowest BCUT2D eigenvalue weighted by atomic mass is 10.1. The van der Waals surface area contributed by atoms with E-state index in [0.29, 0.717) is 24.5 Å². The molecule has 2 aromatic rings. The van der Waals surface area contributed by atoms with E-state index < -0.39 is 28.5 Å². The molecule has 198 valence electrons. The Bertz CT molecular complexity index is 1120. The Hall–Kier alpha value is -3.27. The molecule has 0 radical (unpaired) electrons. The van der Waals surface area contributed by atoms with Gasteiger partial charge in [-0.1, -0.05) is 44.5 Å². The lowest BCUT2D eigenvalue weighted by Crippen LogP contribution is -2.52. The average Bonchev–Trinajstić information content (AvgIpc) is 2.86. The van der Waals surface area contributed by atoms with Crippen LogP contribution in [0.15, 0.2) is 48.5 Å². The molecule has 2 aromatic carbocycles. The van der Waals surface area contributed by atoms with Gasteiger partial charge in [0.05, 0.1) is 26.2 Å². The number of anilines is 1. The quantitative estimate of drug-likeness (QED) is 0.385. The predicted octanol–water partition coefficient (Wildman–Crippen LogP) is 3.19. The number of benzene rings is 2. The standard InChI is InChI=1S/C26H37N3O6S/c1-6-8-16-27-26(31)22(7-2)28(18-20-12-11-13-21(17-20)34-3)25(30)19-29(36(5,32)33)23-14-9-10-15-24(23)35-4/h9-15,17,22H,6-8,16,18-19H2,1-5H3,(H,27,31). The van der Waals surface area contributed by atoms with Gasteiger partial charge >= 0.3 is 0 Å². The molecule has 0 aliphatic heterocycles. The molecule has 1 unspecified atom stereocenters. The molecule has 0 aliphatic carbocycles. The highest BCUT2D eigenvalue weighted by atomic mass is 32.2. The van der Waals surface area contributed by atoms with Crippen LogP contribution in [0.25, 0.3) is 0 Å². The third kappa shape index (κ3) is 7.87. The van der Waals surface area contributed by atoms with E-state index >= 15 is 0 Å². The van der Waals surface area contributed by atoms with Crippen LogP contribution in [-0.4, -0.2) is 64.7 Å². The minimum atomic E-state index is -3.85. The van der Waals surface area contributed by atoms with Crippen molar-refractivity contribution in [1.29, 1.82) is 0 Å². The molecule has 36 heavy (non-hydrogen) atoms. The summed E-state index contributed by atoms with van der Waals surface area (Å²) in [6.07, 6.45) is 3.14. The Kier molecular flexibility index (Phi) is 11.0. The van der Waals surface area contributed by atoms with E-state index in [1.54, 1.807) is 49.6 Å². The molecule has 0 saturated carbocycles. The maximum absolute atomic E-state index is 13.7. The number of methoxy groups -OCH3 is 2. The van der Waals surface area contributed by atoms with Crippen molar-refractivity contribution in [3.63, 3.8) is 0 Å². The van der Waals surface area contributed by atoms with Gasteiger partial charge in [0.25, 0.3) is 0 Å². The van der Waals surface area contributed by atoms with Crippen LogP contribution in [0.4, 0.5) is 5.69 Å². The van der Waals surface area contributed by atoms with Crippen LogP contribution < -0.4 is 19.1 Å². The van der Waals surface area contributed by atoms with Gasteiger partial charge in [-0.2, -0.15) is 0 Å². The topological polar surface area (TPSA) is 105 Å². The number of carbonyl (C=O) groups excluding carboxylic acids is 2. The van der Waals surface area contributed by atoms with E-state index in [1.165, 1.54) is 12.0 Å². The molecule has 10 heteroatoms. The van der Waals surface area contributed by atoms with E-state index in [4.69, 9.17) is 9.47 Å². The molecule has 0 fully saturated rings. The van der Waals surface area contributed by atoms with Gasteiger partial charge in [0.2, 0.25) is 21.8 Å². The molecular formula is C26H37N3O6S. The van der Waals surface area contributed by atoms with Gasteiger partial charge in [-0.05, 0) is 42.7 Å². The first-order valence-corrected chi connectivity index (χ1v) is 13.8. The van der Waals surface area contributed by atoms with Crippen LogP contribution in [0, 0.1) is 0 Å². The van der Waals surface area contributed by atoms with E-state index in [2.05, 4.69) is 5.32 Å². The highest BCUT2D eigenvalue weighted by molar-refractivity contribution is 7.92. The minimum Gasteiger partial charge on any atom is -0.497 e. The molecular weight excluding hydrogens is 482 g/mol. The van der Waals surface area contributed by atoms with Gasteiger partial charge in [-0.15, -0.1) is 0 Å². The number of unbranched alkanes of at least 4 members (excludes halogenated alkanes) is 1. The normalized spacial score (nSPS) is 11.9. The first-order chi connectivity index (χ1) is 17.2. The number of hydrogen-bond acceptors (Lipinski definition) is 6. The van der Waals surface area contributed by atoms with Crippen molar-refractivity contribution in [2.45, 2.75) is 45.7 Å². The zero-order chi connectivity index (χ0) is 26.7. The second kappa shape index (κ2) is 13.7. The van der Waals surface area contributed by atoms with Crippen molar-refractivity contribution in [3.05, 3.63) is 54.1 Å². The highest BCUT2D eigenvalue weighted by Gasteiger charge is 2.32. The Balaban J connectivity index is 2.45. The van der Waals surface area contributed by atoms with Crippen molar-refractivity contribution >= 4 is 27.5 Å². The Morgan fingerprint density at radius 3 is 2.36 bits per heavy atom. The monoisotopic (exact) mass is 519 g/mol. The van der Waals surface area contributed by atoms with Gasteiger partial charge in [0.15, 0.2) is 0 Å². The van der Waals surface area contributed by atoms with Gasteiger partial charge in [0, 0.05) is 13.1 Å². The SMILES string of the molecule is CCCCNC(=O)C(CC)N(Cc1cccc(OC)c1)C(=O)CN(c1ccccc1OC)S(C)(=O)=O. The summed E-state index contributed by atoms with van der Waals surface area (Å²) < 4.78 is 37.2. The van der Waals surface area contributed by atoms with E-state index in [9.17, 15) is 18.0 Å². The van der Waals surface area contributed by atoms with Crippen LogP contribution in [0.3, 0.4) is 0 Å². The summed E-state index contributed by atoms with van der Waals surface area (Å²) in [4.78, 5) is 28.2. The van der Waals surface area contributed by atoms with Gasteiger partial charge < -0.3 is 19.7 Å². The Labute approximate surface area is 214 Å². The lowest BCUT2D eigenvalue weighted by molar-refractivity contribution is -0.140. The molecule has 0 saturated heterocycles. The smallest absolute Gasteiger partial charge is 0.244 e. The first kappa shape index (κ1) is 29.0. The fourth-order valence-electron chi connectivity index (χ4n) is 3.82. The third-order valence-electron chi connectivity index (χ3n) is 5.74. The summed E-state index contributed by atoms with van der Waals surface area (Å²) in [6, 6.07) is 13.0. The average molecular weight is 520 g/mol. The molecule has 2 amide bonds. The number of sulfonamides is 1. The molecule has 0 spiro atoms. The number of ether oxygens (including phenoxy) is 2. The number of para-hydroxylation sites is 2. The number of carbonyl (C=O) groups is 2. The molecule has 2 rings (SSSR count). The molecule has 0 heterocycles. The van der Waals surface area contributed by atoms with Crippen LogP contribution in [0.5, 0.6) is 11.5 Å². The van der Waals surface area contributed by atoms with E-state index in [1.807, 2.05) is 19.9 Å². The van der Waals surface area contributed by atoms with Crippen LogP contribution >= 0.6 is 0 Å². The summed E-state index contributed by atoms with van der Waals surface area (Å²) in [5.74, 6) is 0.156. The van der Waals surface area contributed by atoms with Crippen molar-refractivity contribution < 1.29 is 27.5 Å². The largest absolute Gasteiger partial charge is 0.497 e. The van der Waals surface area contributed by atoms with Gasteiger partial charge in [-0.25, -0.2) is 8.42 Å². The fourth-order valence-corrected chi connectivity index (χ4v) is 4.68. The number of amides is 2. The number of nitrogens with one attached hydrogen (secondary N) is 1. The molecule has 1 N–H and O–H groups in total. The van der Waals surface area contributed by atoms with Crippen LogP contribution in [0.1, 0.15) is 38.7 Å². The summed E-state index contributed by atoms with van der Waals surface area (Å²) in [5, 5.41) is 2.90. The summed E-state index contributed by atoms with van der Waals surface area (Å²) in [7, 11) is -0.862. The Morgan fingerprint density at radius 2 is 1.75 bits per heavy atom. The van der Waals surface area contributed by atoms with E-state index in [0.717, 1.165) is 29.0 Å². The lowest BCUT2D eigenvalue weighted by Gasteiger charge is -2.33. The molecule has 0 aromatic heterocycles. The predicted molar refractivity (Wildman–Crippen MR) is 141 cm³/mol. The molecule has 0 aliphatic rings. The van der Waals surface area contributed by atoms with Crippen LogP contribution in [0.2, 0.25) is 0 Å².